The van der Waals surface area contributed by atoms with Crippen LogP contribution in [0.2, 0.25) is 0 Å². The van der Waals surface area contributed by atoms with Crippen LogP contribution in [0.25, 0.3) is 0 Å². The Labute approximate surface area is 95.7 Å². The predicted octanol–water partition coefficient (Wildman–Crippen LogP) is 2.76. The zero-order valence-electron chi connectivity index (χ0n) is 11.2. The quantitative estimate of drug-likeness (QED) is 0.782. The fraction of sp³-hybridized carbons (Fsp3) is 1.00. The summed E-state index contributed by atoms with van der Waals surface area (Å²) in [6.45, 7) is 14.5. The van der Waals surface area contributed by atoms with Crippen molar-refractivity contribution >= 4 is 0 Å². The van der Waals surface area contributed by atoms with E-state index in [0.717, 1.165) is 0 Å². The first kappa shape index (κ1) is 14.9. The summed E-state index contributed by atoms with van der Waals surface area (Å²) < 4.78 is 0. The summed E-state index contributed by atoms with van der Waals surface area (Å²) in [4.78, 5) is 2.49. The van der Waals surface area contributed by atoms with E-state index in [4.69, 9.17) is 0 Å². The molecule has 1 N–H and O–H groups in total. The molecule has 1 saturated heterocycles. The van der Waals surface area contributed by atoms with E-state index in [-0.39, 0.29) is 5.41 Å². The molecule has 0 aliphatic carbocycles. The Hall–Kier alpha value is -0.0800. The topological polar surface area (TPSA) is 23.5 Å². The van der Waals surface area contributed by atoms with Crippen LogP contribution in [0.4, 0.5) is 0 Å². The minimum Gasteiger partial charge on any atom is -0.396 e. The summed E-state index contributed by atoms with van der Waals surface area (Å²) >= 11 is 0. The number of hydrogen-bond donors (Lipinski definition) is 1. The van der Waals surface area contributed by atoms with E-state index in [2.05, 4.69) is 25.7 Å². The molecule has 92 valence electrons. The number of nitrogens with zero attached hydrogens (tertiary/aromatic N) is 1. The number of aliphatic hydroxyl groups excluding tert-OH is 1. The molecule has 2 nitrogen and oxygen atoms in total. The molecule has 2 heteroatoms. The Morgan fingerprint density at radius 1 is 1.20 bits per heavy atom. The van der Waals surface area contributed by atoms with E-state index in [1.807, 2.05) is 13.8 Å². The van der Waals surface area contributed by atoms with Gasteiger partial charge in [-0.15, -0.1) is 0 Å². The second-order valence-electron chi connectivity index (χ2n) is 4.86. The van der Waals surface area contributed by atoms with Crippen LogP contribution in [-0.4, -0.2) is 36.2 Å². The molecule has 0 aromatic carbocycles. The monoisotopic (exact) mass is 215 g/mol. The van der Waals surface area contributed by atoms with Gasteiger partial charge in [0.15, 0.2) is 0 Å². The molecule has 0 unspecified atom stereocenters. The minimum absolute atomic E-state index is 0.125. The third kappa shape index (κ3) is 4.52. The van der Waals surface area contributed by atoms with Crippen LogP contribution in [0.15, 0.2) is 0 Å². The molecule has 0 amide bonds. The number of rotatable bonds is 3. The van der Waals surface area contributed by atoms with Crippen LogP contribution in [0.3, 0.4) is 0 Å². The summed E-state index contributed by atoms with van der Waals surface area (Å²) in [5.41, 5.74) is 0.125. The molecule has 1 fully saturated rings. The molecule has 1 aliphatic rings. The summed E-state index contributed by atoms with van der Waals surface area (Å²) in [7, 11) is 0. The van der Waals surface area contributed by atoms with Crippen LogP contribution in [0.1, 0.15) is 47.5 Å². The number of likely N-dealkylation sites (tertiary alicyclic amines) is 1. The minimum atomic E-state index is 0.125. The van der Waals surface area contributed by atoms with Crippen molar-refractivity contribution in [3.8, 4) is 0 Å². The van der Waals surface area contributed by atoms with E-state index >= 15 is 0 Å². The van der Waals surface area contributed by atoms with Crippen LogP contribution >= 0.6 is 0 Å². The zero-order chi connectivity index (χ0) is 11.9. The smallest absolute Gasteiger partial charge is 0.0484 e. The standard InChI is InChI=1S/C11H23NO.C2H6/c1-4-12-7-5-10(6-8-12)11(2,3)9-13;1-2/h10,13H,4-9H2,1-3H3;1-2H3. The van der Waals surface area contributed by atoms with Gasteiger partial charge in [0.05, 0.1) is 0 Å². The SMILES string of the molecule is CC.CCN1CCC(C(C)(C)CO)CC1. The lowest BCUT2D eigenvalue weighted by atomic mass is 9.74. The highest BCUT2D eigenvalue weighted by Crippen LogP contribution is 2.34. The average molecular weight is 215 g/mol. The molecule has 0 spiro atoms. The molecule has 0 aromatic rings. The molecular formula is C13H29NO. The zero-order valence-corrected chi connectivity index (χ0v) is 11.2. The molecule has 1 heterocycles. The number of hydrogen-bond acceptors (Lipinski definition) is 2. The highest BCUT2D eigenvalue weighted by Gasteiger charge is 2.31. The number of piperidine rings is 1. The van der Waals surface area contributed by atoms with E-state index in [1.165, 1.54) is 32.5 Å². The second-order valence-corrected chi connectivity index (χ2v) is 4.86. The lowest BCUT2D eigenvalue weighted by Gasteiger charge is -2.39. The van der Waals surface area contributed by atoms with Crippen LogP contribution in [0, 0.1) is 11.3 Å². The van der Waals surface area contributed by atoms with Crippen molar-refractivity contribution in [1.82, 2.24) is 4.90 Å². The first-order valence-corrected chi connectivity index (χ1v) is 6.43. The first-order valence-electron chi connectivity index (χ1n) is 6.43. The Kier molecular flexibility index (Phi) is 7.20. The van der Waals surface area contributed by atoms with Gasteiger partial charge in [-0.3, -0.25) is 0 Å². The van der Waals surface area contributed by atoms with Crippen molar-refractivity contribution in [1.29, 1.82) is 0 Å². The lowest BCUT2D eigenvalue weighted by molar-refractivity contribution is 0.0506. The molecule has 15 heavy (non-hydrogen) atoms. The van der Waals surface area contributed by atoms with Gasteiger partial charge < -0.3 is 10.0 Å². The Bertz CT molecular complexity index is 149. The normalized spacial score (nSPS) is 19.6. The summed E-state index contributed by atoms with van der Waals surface area (Å²) in [6.07, 6.45) is 2.50. The van der Waals surface area contributed by atoms with E-state index in [0.29, 0.717) is 12.5 Å². The highest BCUT2D eigenvalue weighted by molar-refractivity contribution is 4.82. The van der Waals surface area contributed by atoms with Gasteiger partial charge in [-0.1, -0.05) is 34.6 Å². The third-order valence-electron chi connectivity index (χ3n) is 3.55. The van der Waals surface area contributed by atoms with Crippen molar-refractivity contribution in [3.05, 3.63) is 0 Å². The Morgan fingerprint density at radius 2 is 1.67 bits per heavy atom. The molecule has 1 rings (SSSR count). The summed E-state index contributed by atoms with van der Waals surface area (Å²) in [6, 6.07) is 0. The number of aliphatic hydroxyl groups is 1. The predicted molar refractivity (Wildman–Crippen MR) is 67.1 cm³/mol. The van der Waals surface area contributed by atoms with Gasteiger partial charge in [-0.05, 0) is 43.8 Å². The van der Waals surface area contributed by atoms with Gasteiger partial charge in [0.25, 0.3) is 0 Å². The third-order valence-corrected chi connectivity index (χ3v) is 3.55. The van der Waals surface area contributed by atoms with Gasteiger partial charge >= 0.3 is 0 Å². The molecule has 0 atom stereocenters. The van der Waals surface area contributed by atoms with Gasteiger partial charge in [-0.2, -0.15) is 0 Å². The summed E-state index contributed by atoms with van der Waals surface area (Å²) in [5.74, 6) is 0.709. The maximum atomic E-state index is 9.26. The van der Waals surface area contributed by atoms with E-state index < -0.39 is 0 Å². The van der Waals surface area contributed by atoms with Crippen molar-refractivity contribution in [2.75, 3.05) is 26.2 Å². The Morgan fingerprint density at radius 3 is 2.00 bits per heavy atom. The fourth-order valence-corrected chi connectivity index (χ4v) is 2.16. The molecule has 0 aromatic heterocycles. The van der Waals surface area contributed by atoms with Crippen molar-refractivity contribution < 1.29 is 5.11 Å². The van der Waals surface area contributed by atoms with E-state index in [9.17, 15) is 5.11 Å². The summed E-state index contributed by atoms with van der Waals surface area (Å²) in [5, 5.41) is 9.26. The van der Waals surface area contributed by atoms with Crippen molar-refractivity contribution in [2.45, 2.75) is 47.5 Å². The highest BCUT2D eigenvalue weighted by atomic mass is 16.3. The van der Waals surface area contributed by atoms with Gasteiger partial charge in [0.2, 0.25) is 0 Å². The van der Waals surface area contributed by atoms with Gasteiger partial charge in [-0.25, -0.2) is 0 Å². The first-order chi connectivity index (χ1) is 7.10. The maximum absolute atomic E-state index is 9.26. The molecule has 0 radical (unpaired) electrons. The lowest BCUT2D eigenvalue weighted by Crippen LogP contribution is -2.40. The van der Waals surface area contributed by atoms with Crippen LogP contribution in [-0.2, 0) is 0 Å². The fourth-order valence-electron chi connectivity index (χ4n) is 2.16. The Balaban J connectivity index is 0.000000921. The molecule has 0 bridgehead atoms. The van der Waals surface area contributed by atoms with E-state index in [1.54, 1.807) is 0 Å². The molecule has 1 aliphatic heterocycles. The van der Waals surface area contributed by atoms with Crippen molar-refractivity contribution in [3.63, 3.8) is 0 Å². The largest absolute Gasteiger partial charge is 0.396 e. The van der Waals surface area contributed by atoms with Crippen LogP contribution in [0.5, 0.6) is 0 Å². The van der Waals surface area contributed by atoms with Crippen LogP contribution < -0.4 is 0 Å². The van der Waals surface area contributed by atoms with Gasteiger partial charge in [0.1, 0.15) is 0 Å². The van der Waals surface area contributed by atoms with Gasteiger partial charge in [0, 0.05) is 6.61 Å². The second kappa shape index (κ2) is 7.24. The average Bonchev–Trinajstić information content (AvgIpc) is 2.32. The maximum Gasteiger partial charge on any atom is 0.0484 e. The molecular weight excluding hydrogens is 186 g/mol. The van der Waals surface area contributed by atoms with Crippen molar-refractivity contribution in [2.24, 2.45) is 11.3 Å². The molecule has 0 saturated carbocycles.